The van der Waals surface area contributed by atoms with Gasteiger partial charge in [-0.25, -0.2) is 0 Å². The zero-order valence-electron chi connectivity index (χ0n) is 10.9. The summed E-state index contributed by atoms with van der Waals surface area (Å²) in [4.78, 5) is 2.41. The summed E-state index contributed by atoms with van der Waals surface area (Å²) in [5.74, 6) is 0.749. The molecule has 18 heavy (non-hydrogen) atoms. The van der Waals surface area contributed by atoms with Crippen molar-refractivity contribution in [3.05, 3.63) is 20.3 Å². The molecule has 0 amide bonds. The summed E-state index contributed by atoms with van der Waals surface area (Å²) >= 11 is 13.6. The average molecular weight is 307 g/mol. The molecule has 1 N–H and O–H groups in total. The molecule has 2 unspecified atom stereocenters. The van der Waals surface area contributed by atoms with Crippen molar-refractivity contribution in [1.82, 2.24) is 10.2 Å². The Morgan fingerprint density at radius 3 is 2.94 bits per heavy atom. The van der Waals surface area contributed by atoms with Crippen LogP contribution in [0.2, 0.25) is 8.67 Å². The largest absolute Gasteiger partial charge is 0.310 e. The Morgan fingerprint density at radius 2 is 2.33 bits per heavy atom. The molecule has 2 rings (SSSR count). The third kappa shape index (κ3) is 3.84. The lowest BCUT2D eigenvalue weighted by Crippen LogP contribution is -2.37. The Morgan fingerprint density at radius 1 is 1.56 bits per heavy atom. The van der Waals surface area contributed by atoms with E-state index in [1.807, 2.05) is 6.07 Å². The molecule has 5 heteroatoms. The van der Waals surface area contributed by atoms with Gasteiger partial charge in [-0.1, -0.05) is 23.2 Å². The van der Waals surface area contributed by atoms with Crippen LogP contribution in [0.3, 0.4) is 0 Å². The van der Waals surface area contributed by atoms with Crippen molar-refractivity contribution in [2.75, 3.05) is 26.7 Å². The topological polar surface area (TPSA) is 15.3 Å². The predicted octanol–water partition coefficient (Wildman–Crippen LogP) is 4.05. The van der Waals surface area contributed by atoms with Gasteiger partial charge in [-0.2, -0.15) is 0 Å². The monoisotopic (exact) mass is 306 g/mol. The van der Waals surface area contributed by atoms with E-state index in [1.165, 1.54) is 37.3 Å². The van der Waals surface area contributed by atoms with E-state index in [0.29, 0.717) is 0 Å². The molecule has 0 saturated carbocycles. The lowest BCUT2D eigenvalue weighted by atomic mass is 9.98. The third-order valence-corrected chi connectivity index (χ3v) is 5.10. The first kappa shape index (κ1) is 14.6. The van der Waals surface area contributed by atoms with Crippen molar-refractivity contribution in [2.45, 2.75) is 25.8 Å². The fourth-order valence-electron chi connectivity index (χ4n) is 2.54. The molecular weight excluding hydrogens is 287 g/mol. The molecular formula is C13H20Cl2N2S. The van der Waals surface area contributed by atoms with Crippen molar-refractivity contribution in [3.8, 4) is 0 Å². The number of rotatable bonds is 4. The number of nitrogens with zero attached hydrogens (tertiary/aromatic N) is 1. The quantitative estimate of drug-likeness (QED) is 0.903. The molecule has 0 aromatic carbocycles. The van der Waals surface area contributed by atoms with Crippen molar-refractivity contribution in [1.29, 1.82) is 0 Å². The first-order chi connectivity index (χ1) is 8.56. The van der Waals surface area contributed by atoms with Gasteiger partial charge < -0.3 is 10.2 Å². The van der Waals surface area contributed by atoms with Crippen LogP contribution in [0.25, 0.3) is 0 Å². The first-order valence-corrected chi connectivity index (χ1v) is 8.00. The molecule has 2 atom stereocenters. The normalized spacial score (nSPS) is 23.2. The van der Waals surface area contributed by atoms with E-state index in [0.717, 1.165) is 26.7 Å². The van der Waals surface area contributed by atoms with Crippen molar-refractivity contribution in [2.24, 2.45) is 5.92 Å². The molecule has 1 aromatic heterocycles. The number of piperidine rings is 1. The molecule has 0 aliphatic carbocycles. The molecule has 0 radical (unpaired) electrons. The number of halogens is 2. The lowest BCUT2D eigenvalue weighted by Gasteiger charge is -2.30. The van der Waals surface area contributed by atoms with Gasteiger partial charge in [0.2, 0.25) is 0 Å². The molecule has 1 saturated heterocycles. The van der Waals surface area contributed by atoms with Gasteiger partial charge in [0.25, 0.3) is 0 Å². The van der Waals surface area contributed by atoms with Crippen molar-refractivity contribution >= 4 is 34.5 Å². The molecule has 1 aliphatic rings. The Bertz CT molecular complexity index is 394. The lowest BCUT2D eigenvalue weighted by molar-refractivity contribution is 0.203. The standard InChI is InChI=1S/C13H20Cl2N2S/c1-9(11-6-12(14)18-13(11)15)16-7-10-4-3-5-17(2)8-10/h6,9-10,16H,3-5,7-8H2,1-2H3. The minimum atomic E-state index is 0.272. The smallest absolute Gasteiger partial charge is 0.0991 e. The second-order valence-electron chi connectivity index (χ2n) is 5.18. The van der Waals surface area contributed by atoms with Crippen LogP contribution in [0.15, 0.2) is 6.07 Å². The van der Waals surface area contributed by atoms with E-state index in [2.05, 4.69) is 24.2 Å². The molecule has 102 valence electrons. The van der Waals surface area contributed by atoms with Crippen LogP contribution in [0, 0.1) is 5.92 Å². The summed E-state index contributed by atoms with van der Waals surface area (Å²) in [5, 5.41) is 3.58. The van der Waals surface area contributed by atoms with Gasteiger partial charge >= 0.3 is 0 Å². The molecule has 0 bridgehead atoms. The van der Waals surface area contributed by atoms with Gasteiger partial charge in [0.1, 0.15) is 0 Å². The van der Waals surface area contributed by atoms with Gasteiger partial charge in [0.05, 0.1) is 8.67 Å². The Hall–Kier alpha value is 0.200. The second kappa shape index (κ2) is 6.58. The maximum absolute atomic E-state index is 6.17. The van der Waals surface area contributed by atoms with Gasteiger partial charge in [-0.15, -0.1) is 11.3 Å². The average Bonchev–Trinajstić information content (AvgIpc) is 2.66. The Balaban J connectivity index is 1.84. The highest BCUT2D eigenvalue weighted by molar-refractivity contribution is 7.20. The number of hydrogen-bond acceptors (Lipinski definition) is 3. The van der Waals surface area contributed by atoms with E-state index in [4.69, 9.17) is 23.2 Å². The van der Waals surface area contributed by atoms with Crippen LogP contribution in [-0.4, -0.2) is 31.6 Å². The maximum atomic E-state index is 6.17. The minimum absolute atomic E-state index is 0.272. The van der Waals surface area contributed by atoms with Gasteiger partial charge in [-0.3, -0.25) is 0 Å². The summed E-state index contributed by atoms with van der Waals surface area (Å²) in [6, 6.07) is 2.24. The first-order valence-electron chi connectivity index (χ1n) is 6.43. The van der Waals surface area contributed by atoms with Gasteiger partial charge in [0.15, 0.2) is 0 Å². The molecule has 1 fully saturated rings. The highest BCUT2D eigenvalue weighted by Crippen LogP contribution is 2.34. The summed E-state index contributed by atoms with van der Waals surface area (Å²) in [6.07, 6.45) is 2.63. The van der Waals surface area contributed by atoms with Crippen LogP contribution in [0.4, 0.5) is 0 Å². The second-order valence-corrected chi connectivity index (χ2v) is 7.47. The molecule has 1 aromatic rings. The zero-order valence-corrected chi connectivity index (χ0v) is 13.2. The fourth-order valence-corrected chi connectivity index (χ4v) is 4.19. The number of nitrogens with one attached hydrogen (secondary N) is 1. The molecule has 2 heterocycles. The van der Waals surface area contributed by atoms with E-state index < -0.39 is 0 Å². The maximum Gasteiger partial charge on any atom is 0.0991 e. The van der Waals surface area contributed by atoms with Crippen LogP contribution in [0.1, 0.15) is 31.4 Å². The van der Waals surface area contributed by atoms with Crippen molar-refractivity contribution < 1.29 is 0 Å². The van der Waals surface area contributed by atoms with Crippen LogP contribution >= 0.6 is 34.5 Å². The van der Waals surface area contributed by atoms with Gasteiger partial charge in [-0.05, 0) is 57.5 Å². The number of thiophene rings is 1. The highest BCUT2D eigenvalue weighted by atomic mass is 35.5. The summed E-state index contributed by atoms with van der Waals surface area (Å²) in [7, 11) is 2.20. The summed E-state index contributed by atoms with van der Waals surface area (Å²) < 4.78 is 1.57. The van der Waals surface area contributed by atoms with Crippen molar-refractivity contribution in [3.63, 3.8) is 0 Å². The van der Waals surface area contributed by atoms with Crippen LogP contribution in [0.5, 0.6) is 0 Å². The van der Waals surface area contributed by atoms with Crippen LogP contribution in [-0.2, 0) is 0 Å². The fraction of sp³-hybridized carbons (Fsp3) is 0.692. The highest BCUT2D eigenvalue weighted by Gasteiger charge is 2.19. The molecule has 2 nitrogen and oxygen atoms in total. The predicted molar refractivity (Wildman–Crippen MR) is 81.0 cm³/mol. The summed E-state index contributed by atoms with van der Waals surface area (Å²) in [6.45, 7) is 5.63. The Kier molecular flexibility index (Phi) is 5.34. The van der Waals surface area contributed by atoms with E-state index in [1.54, 1.807) is 0 Å². The SMILES string of the molecule is CC(NCC1CCCN(C)C1)c1cc(Cl)sc1Cl. The summed E-state index contributed by atoms with van der Waals surface area (Å²) in [5.41, 5.74) is 1.12. The van der Waals surface area contributed by atoms with E-state index >= 15 is 0 Å². The number of likely N-dealkylation sites (tertiary alicyclic amines) is 1. The van der Waals surface area contributed by atoms with E-state index in [-0.39, 0.29) is 6.04 Å². The Labute approximate surface area is 123 Å². The van der Waals surface area contributed by atoms with Gasteiger partial charge in [0, 0.05) is 12.6 Å². The number of hydrogen-bond donors (Lipinski definition) is 1. The van der Waals surface area contributed by atoms with Crippen LogP contribution < -0.4 is 5.32 Å². The molecule has 1 aliphatic heterocycles. The van der Waals surface area contributed by atoms with E-state index in [9.17, 15) is 0 Å². The third-order valence-electron chi connectivity index (χ3n) is 3.58. The zero-order chi connectivity index (χ0) is 13.1. The molecule has 0 spiro atoms. The minimum Gasteiger partial charge on any atom is -0.310 e.